The van der Waals surface area contributed by atoms with Gasteiger partial charge in [-0.2, -0.15) is 0 Å². The van der Waals surface area contributed by atoms with E-state index in [1.807, 2.05) is 19.3 Å². The first-order valence-corrected chi connectivity index (χ1v) is 8.28. The average molecular weight is 290 g/mol. The molecule has 0 radical (unpaired) electrons. The summed E-state index contributed by atoms with van der Waals surface area (Å²) in [5.74, 6) is 1.33. The number of aromatic nitrogens is 2. The molecule has 1 aromatic rings. The maximum Gasteiger partial charge on any atom is 0.237 e. The van der Waals surface area contributed by atoms with Crippen molar-refractivity contribution < 1.29 is 4.79 Å². The third-order valence-corrected chi connectivity index (χ3v) is 4.85. The predicted molar refractivity (Wildman–Crippen MR) is 82.0 cm³/mol. The molecule has 0 aliphatic carbocycles. The number of aryl methyl sites for hydroxylation is 1. The van der Waals surface area contributed by atoms with E-state index < -0.39 is 0 Å². The summed E-state index contributed by atoms with van der Waals surface area (Å²) >= 11 is 0. The normalized spacial score (nSPS) is 24.9. The van der Waals surface area contributed by atoms with Gasteiger partial charge in [-0.3, -0.25) is 9.69 Å². The van der Waals surface area contributed by atoms with E-state index in [1.165, 1.54) is 25.7 Å². The molecule has 1 fully saturated rings. The molecule has 3 heterocycles. The van der Waals surface area contributed by atoms with Gasteiger partial charge in [-0.05, 0) is 39.3 Å². The molecule has 0 unspecified atom stereocenters. The van der Waals surface area contributed by atoms with E-state index in [-0.39, 0.29) is 18.0 Å². The summed E-state index contributed by atoms with van der Waals surface area (Å²) < 4.78 is 2.16. The zero-order chi connectivity index (χ0) is 14.7. The molecule has 3 rings (SSSR count). The van der Waals surface area contributed by atoms with Crippen LogP contribution in [0.3, 0.4) is 0 Å². The fraction of sp³-hybridized carbons (Fsp3) is 0.750. The minimum absolute atomic E-state index is 0.00714. The number of carbonyl (C=O) groups excluding carboxylic acids is 1. The van der Waals surface area contributed by atoms with Gasteiger partial charge in [0.15, 0.2) is 0 Å². The second-order valence-electron chi connectivity index (χ2n) is 6.37. The van der Waals surface area contributed by atoms with Crippen LogP contribution in [-0.4, -0.2) is 45.5 Å². The van der Waals surface area contributed by atoms with Gasteiger partial charge in [0, 0.05) is 31.4 Å². The number of hydrogen-bond donors (Lipinski definition) is 1. The van der Waals surface area contributed by atoms with Gasteiger partial charge in [0.05, 0.1) is 6.04 Å². The SMILES string of the molecule is C[C@H](C(=O)N[C@H]1CCc2nccn2C1)N1CCCCCC1. The monoisotopic (exact) mass is 290 g/mol. The average Bonchev–Trinajstić information content (AvgIpc) is 2.78. The smallest absolute Gasteiger partial charge is 0.237 e. The quantitative estimate of drug-likeness (QED) is 0.919. The molecule has 2 atom stereocenters. The lowest BCUT2D eigenvalue weighted by Gasteiger charge is -2.30. The Hall–Kier alpha value is -1.36. The first-order valence-electron chi connectivity index (χ1n) is 8.28. The Bertz CT molecular complexity index is 476. The number of imidazole rings is 1. The summed E-state index contributed by atoms with van der Waals surface area (Å²) in [6.07, 6.45) is 10.9. The highest BCUT2D eigenvalue weighted by Crippen LogP contribution is 2.15. The maximum atomic E-state index is 12.5. The third-order valence-electron chi connectivity index (χ3n) is 4.85. The molecule has 0 spiro atoms. The molecule has 1 aromatic heterocycles. The van der Waals surface area contributed by atoms with E-state index in [9.17, 15) is 4.79 Å². The van der Waals surface area contributed by atoms with Gasteiger partial charge in [0.25, 0.3) is 0 Å². The lowest BCUT2D eigenvalue weighted by molar-refractivity contribution is -0.126. The van der Waals surface area contributed by atoms with Crippen LogP contribution in [0.2, 0.25) is 0 Å². The van der Waals surface area contributed by atoms with E-state index in [0.717, 1.165) is 38.3 Å². The van der Waals surface area contributed by atoms with Crippen LogP contribution in [0.25, 0.3) is 0 Å². The predicted octanol–water partition coefficient (Wildman–Crippen LogP) is 1.58. The lowest BCUT2D eigenvalue weighted by atomic mass is 10.1. The number of fused-ring (bicyclic) bond motifs is 1. The molecule has 0 aromatic carbocycles. The highest BCUT2D eigenvalue weighted by molar-refractivity contribution is 5.81. The number of nitrogens with one attached hydrogen (secondary N) is 1. The summed E-state index contributed by atoms with van der Waals surface area (Å²) in [6, 6.07) is 0.237. The van der Waals surface area contributed by atoms with Crippen LogP contribution in [0.4, 0.5) is 0 Å². The maximum absolute atomic E-state index is 12.5. The molecule has 0 bridgehead atoms. The van der Waals surface area contributed by atoms with Crippen LogP contribution in [0.15, 0.2) is 12.4 Å². The Morgan fingerprint density at radius 2 is 2.10 bits per heavy atom. The zero-order valence-electron chi connectivity index (χ0n) is 12.9. The zero-order valence-corrected chi connectivity index (χ0v) is 12.9. The molecule has 1 amide bonds. The lowest BCUT2D eigenvalue weighted by Crippen LogP contribution is -2.50. The van der Waals surface area contributed by atoms with Crippen LogP contribution >= 0.6 is 0 Å². The molecular formula is C16H26N4O. The van der Waals surface area contributed by atoms with Crippen molar-refractivity contribution in [1.29, 1.82) is 0 Å². The van der Waals surface area contributed by atoms with Gasteiger partial charge in [0.2, 0.25) is 5.91 Å². The molecule has 1 N–H and O–H groups in total. The van der Waals surface area contributed by atoms with E-state index >= 15 is 0 Å². The fourth-order valence-electron chi connectivity index (χ4n) is 3.45. The standard InChI is InChI=1S/C16H26N4O/c1-13(19-9-4-2-3-5-10-19)16(21)18-14-6-7-15-17-8-11-20(15)12-14/h8,11,13-14H,2-7,9-10,12H2,1H3,(H,18,21)/t13-,14+/m1/s1. The van der Waals surface area contributed by atoms with Gasteiger partial charge in [-0.25, -0.2) is 4.98 Å². The van der Waals surface area contributed by atoms with Crippen molar-refractivity contribution in [2.45, 2.75) is 64.1 Å². The Labute approximate surface area is 126 Å². The van der Waals surface area contributed by atoms with Gasteiger partial charge >= 0.3 is 0 Å². The number of hydrogen-bond acceptors (Lipinski definition) is 3. The molecule has 1 saturated heterocycles. The number of rotatable bonds is 3. The van der Waals surface area contributed by atoms with E-state index in [1.54, 1.807) is 0 Å². The van der Waals surface area contributed by atoms with Crippen molar-refractivity contribution in [2.24, 2.45) is 0 Å². The largest absolute Gasteiger partial charge is 0.350 e. The van der Waals surface area contributed by atoms with Crippen molar-refractivity contribution in [3.05, 3.63) is 18.2 Å². The Kier molecular flexibility index (Phi) is 4.58. The van der Waals surface area contributed by atoms with Crippen molar-refractivity contribution in [3.8, 4) is 0 Å². The molecule has 5 heteroatoms. The van der Waals surface area contributed by atoms with E-state index in [2.05, 4.69) is 19.8 Å². The summed E-state index contributed by atoms with van der Waals surface area (Å²) in [6.45, 7) is 5.02. The summed E-state index contributed by atoms with van der Waals surface area (Å²) in [5, 5.41) is 3.24. The van der Waals surface area contributed by atoms with E-state index in [4.69, 9.17) is 0 Å². The van der Waals surface area contributed by atoms with Crippen molar-refractivity contribution in [3.63, 3.8) is 0 Å². The summed E-state index contributed by atoms with van der Waals surface area (Å²) in [5.41, 5.74) is 0. The Morgan fingerprint density at radius 1 is 1.33 bits per heavy atom. The fourth-order valence-corrected chi connectivity index (χ4v) is 3.45. The first-order chi connectivity index (χ1) is 10.2. The second kappa shape index (κ2) is 6.60. The number of nitrogens with zero attached hydrogens (tertiary/aromatic N) is 3. The molecule has 0 saturated carbocycles. The second-order valence-corrected chi connectivity index (χ2v) is 6.37. The minimum Gasteiger partial charge on any atom is -0.350 e. The summed E-state index contributed by atoms with van der Waals surface area (Å²) in [4.78, 5) is 19.2. The van der Waals surface area contributed by atoms with Gasteiger partial charge in [-0.15, -0.1) is 0 Å². The van der Waals surface area contributed by atoms with Crippen molar-refractivity contribution >= 4 is 5.91 Å². The highest BCUT2D eigenvalue weighted by Gasteiger charge is 2.26. The third kappa shape index (κ3) is 3.46. The van der Waals surface area contributed by atoms with Crippen LogP contribution in [0, 0.1) is 0 Å². The molecule has 2 aliphatic heterocycles. The molecule has 21 heavy (non-hydrogen) atoms. The highest BCUT2D eigenvalue weighted by atomic mass is 16.2. The summed E-state index contributed by atoms with van der Waals surface area (Å²) in [7, 11) is 0. The van der Waals surface area contributed by atoms with E-state index in [0.29, 0.717) is 0 Å². The van der Waals surface area contributed by atoms with Crippen molar-refractivity contribution in [1.82, 2.24) is 19.8 Å². The Balaban J connectivity index is 1.54. The van der Waals surface area contributed by atoms with Crippen LogP contribution in [0.5, 0.6) is 0 Å². The van der Waals surface area contributed by atoms with Crippen LogP contribution in [-0.2, 0) is 17.8 Å². The number of amides is 1. The number of likely N-dealkylation sites (tertiary alicyclic amines) is 1. The van der Waals surface area contributed by atoms with Crippen molar-refractivity contribution in [2.75, 3.05) is 13.1 Å². The number of carbonyl (C=O) groups is 1. The Morgan fingerprint density at radius 3 is 2.86 bits per heavy atom. The van der Waals surface area contributed by atoms with Gasteiger partial charge < -0.3 is 9.88 Å². The molecule has 116 valence electrons. The topological polar surface area (TPSA) is 50.2 Å². The van der Waals surface area contributed by atoms with Gasteiger partial charge in [0.1, 0.15) is 5.82 Å². The van der Waals surface area contributed by atoms with Gasteiger partial charge in [-0.1, -0.05) is 12.8 Å². The first kappa shape index (κ1) is 14.6. The van der Waals surface area contributed by atoms with Crippen LogP contribution < -0.4 is 5.32 Å². The molecular weight excluding hydrogens is 264 g/mol. The molecule has 5 nitrogen and oxygen atoms in total. The minimum atomic E-state index is -0.00714. The molecule has 2 aliphatic rings. The van der Waals surface area contributed by atoms with Crippen LogP contribution in [0.1, 0.15) is 44.9 Å².